The second-order valence-corrected chi connectivity index (χ2v) is 6.63. The Labute approximate surface area is 143 Å². The van der Waals surface area contributed by atoms with Crippen LogP contribution in [0.3, 0.4) is 0 Å². The summed E-state index contributed by atoms with van der Waals surface area (Å²) in [6.45, 7) is 3.01. The molecule has 2 saturated heterocycles. The van der Waals surface area contributed by atoms with Crippen molar-refractivity contribution in [1.29, 1.82) is 0 Å². The van der Waals surface area contributed by atoms with Gasteiger partial charge in [0.15, 0.2) is 0 Å². The van der Waals surface area contributed by atoms with Crippen LogP contribution in [0.5, 0.6) is 0 Å². The zero-order valence-electron chi connectivity index (χ0n) is 14.1. The standard InChI is InChI=1S/C19H26N2O3/c22-18(20-14-17-6-5-13-24-17)15-7-9-16(10-8-15)19(23)21-11-3-1-2-4-12-21/h7-10,17H,1-6,11-14H2,(H,20,22). The van der Waals surface area contributed by atoms with Gasteiger partial charge < -0.3 is 15.0 Å². The van der Waals surface area contributed by atoms with E-state index in [2.05, 4.69) is 5.32 Å². The summed E-state index contributed by atoms with van der Waals surface area (Å²) in [6.07, 6.45) is 6.77. The highest BCUT2D eigenvalue weighted by molar-refractivity contribution is 5.97. The van der Waals surface area contributed by atoms with E-state index in [1.807, 2.05) is 4.90 Å². The van der Waals surface area contributed by atoms with Gasteiger partial charge in [-0.3, -0.25) is 9.59 Å². The van der Waals surface area contributed by atoms with Gasteiger partial charge >= 0.3 is 0 Å². The average Bonchev–Trinajstić information content (AvgIpc) is 2.99. The normalized spacial score (nSPS) is 21.3. The van der Waals surface area contributed by atoms with Crippen LogP contribution in [0.15, 0.2) is 24.3 Å². The molecule has 24 heavy (non-hydrogen) atoms. The maximum atomic E-state index is 12.5. The Morgan fingerprint density at radius 1 is 1.00 bits per heavy atom. The van der Waals surface area contributed by atoms with E-state index < -0.39 is 0 Å². The fourth-order valence-electron chi connectivity index (χ4n) is 3.33. The van der Waals surface area contributed by atoms with E-state index in [1.54, 1.807) is 24.3 Å². The number of amides is 2. The number of carbonyl (C=O) groups excluding carboxylic acids is 2. The number of benzene rings is 1. The summed E-state index contributed by atoms with van der Waals surface area (Å²) in [5.41, 5.74) is 1.24. The predicted molar refractivity (Wildman–Crippen MR) is 92.1 cm³/mol. The fourth-order valence-corrected chi connectivity index (χ4v) is 3.33. The van der Waals surface area contributed by atoms with Gasteiger partial charge in [-0.2, -0.15) is 0 Å². The van der Waals surface area contributed by atoms with Gasteiger partial charge in [-0.1, -0.05) is 12.8 Å². The Bertz CT molecular complexity index is 556. The molecule has 1 aromatic carbocycles. The third-order valence-corrected chi connectivity index (χ3v) is 4.80. The monoisotopic (exact) mass is 330 g/mol. The van der Waals surface area contributed by atoms with E-state index in [0.29, 0.717) is 17.7 Å². The number of carbonyl (C=O) groups is 2. The topological polar surface area (TPSA) is 58.6 Å². The molecule has 0 radical (unpaired) electrons. The molecule has 3 rings (SSSR count). The predicted octanol–water partition coefficient (Wildman–Crippen LogP) is 2.61. The third kappa shape index (κ3) is 4.35. The molecule has 2 aliphatic heterocycles. The van der Waals surface area contributed by atoms with E-state index in [9.17, 15) is 9.59 Å². The maximum Gasteiger partial charge on any atom is 0.253 e. The number of hydrogen-bond donors (Lipinski definition) is 1. The summed E-state index contributed by atoms with van der Waals surface area (Å²) in [4.78, 5) is 26.6. The summed E-state index contributed by atoms with van der Waals surface area (Å²) >= 11 is 0. The lowest BCUT2D eigenvalue weighted by atomic mass is 10.1. The Balaban J connectivity index is 1.55. The lowest BCUT2D eigenvalue weighted by Crippen LogP contribution is -2.32. The van der Waals surface area contributed by atoms with E-state index >= 15 is 0 Å². The molecule has 1 aromatic rings. The molecule has 0 aromatic heterocycles. The number of nitrogens with one attached hydrogen (secondary N) is 1. The van der Waals surface area contributed by atoms with Crippen LogP contribution < -0.4 is 5.32 Å². The van der Waals surface area contributed by atoms with Crippen molar-refractivity contribution >= 4 is 11.8 Å². The Kier molecular flexibility index (Phi) is 5.86. The van der Waals surface area contributed by atoms with Gasteiger partial charge in [0.05, 0.1) is 6.10 Å². The summed E-state index contributed by atoms with van der Waals surface area (Å²) < 4.78 is 5.50. The minimum Gasteiger partial charge on any atom is -0.376 e. The Morgan fingerprint density at radius 3 is 2.29 bits per heavy atom. The second-order valence-electron chi connectivity index (χ2n) is 6.63. The van der Waals surface area contributed by atoms with Crippen molar-refractivity contribution in [1.82, 2.24) is 10.2 Å². The van der Waals surface area contributed by atoms with Gasteiger partial charge in [0.2, 0.25) is 0 Å². The highest BCUT2D eigenvalue weighted by atomic mass is 16.5. The third-order valence-electron chi connectivity index (χ3n) is 4.80. The van der Waals surface area contributed by atoms with Gasteiger partial charge in [-0.15, -0.1) is 0 Å². The Hall–Kier alpha value is -1.88. The fraction of sp³-hybridized carbons (Fsp3) is 0.579. The zero-order valence-corrected chi connectivity index (χ0v) is 14.1. The van der Waals surface area contributed by atoms with Gasteiger partial charge in [0.25, 0.3) is 11.8 Å². The zero-order chi connectivity index (χ0) is 16.8. The van der Waals surface area contributed by atoms with Crippen molar-refractivity contribution in [2.45, 2.75) is 44.6 Å². The number of nitrogens with zero attached hydrogens (tertiary/aromatic N) is 1. The van der Waals surface area contributed by atoms with E-state index in [-0.39, 0.29) is 17.9 Å². The molecule has 0 aliphatic carbocycles. The summed E-state index contributed by atoms with van der Waals surface area (Å²) in [6, 6.07) is 6.98. The molecule has 1 unspecified atom stereocenters. The van der Waals surface area contributed by atoms with Crippen molar-refractivity contribution < 1.29 is 14.3 Å². The van der Waals surface area contributed by atoms with Crippen LogP contribution in [0, 0.1) is 0 Å². The molecule has 2 aliphatic rings. The minimum absolute atomic E-state index is 0.0724. The van der Waals surface area contributed by atoms with Crippen LogP contribution in [0.2, 0.25) is 0 Å². The molecule has 5 heteroatoms. The first-order chi connectivity index (χ1) is 11.7. The van der Waals surface area contributed by atoms with Crippen molar-refractivity contribution in [3.05, 3.63) is 35.4 Å². The number of rotatable bonds is 4. The van der Waals surface area contributed by atoms with Crippen LogP contribution in [-0.2, 0) is 4.74 Å². The quantitative estimate of drug-likeness (QED) is 0.923. The molecule has 2 heterocycles. The van der Waals surface area contributed by atoms with E-state index in [4.69, 9.17) is 4.74 Å². The number of ether oxygens (including phenoxy) is 1. The Morgan fingerprint density at radius 2 is 1.67 bits per heavy atom. The molecule has 130 valence electrons. The van der Waals surface area contributed by atoms with Crippen LogP contribution in [0.1, 0.15) is 59.2 Å². The lowest BCUT2D eigenvalue weighted by molar-refractivity contribution is 0.0760. The molecule has 5 nitrogen and oxygen atoms in total. The highest BCUT2D eigenvalue weighted by Crippen LogP contribution is 2.14. The van der Waals surface area contributed by atoms with E-state index in [1.165, 1.54) is 12.8 Å². The molecule has 0 bridgehead atoms. The molecular formula is C19H26N2O3. The van der Waals surface area contributed by atoms with Crippen molar-refractivity contribution in [3.8, 4) is 0 Å². The summed E-state index contributed by atoms with van der Waals surface area (Å²) in [5, 5.41) is 2.90. The average molecular weight is 330 g/mol. The molecule has 0 spiro atoms. The molecular weight excluding hydrogens is 304 g/mol. The van der Waals surface area contributed by atoms with Gasteiger partial charge in [0, 0.05) is 37.4 Å². The van der Waals surface area contributed by atoms with Gasteiger partial charge in [-0.05, 0) is 49.9 Å². The van der Waals surface area contributed by atoms with Crippen LogP contribution in [0.25, 0.3) is 0 Å². The lowest BCUT2D eigenvalue weighted by Gasteiger charge is -2.20. The van der Waals surface area contributed by atoms with Crippen LogP contribution in [-0.4, -0.2) is 49.1 Å². The first-order valence-electron chi connectivity index (χ1n) is 9.03. The summed E-state index contributed by atoms with van der Waals surface area (Å²) in [7, 11) is 0. The molecule has 2 fully saturated rings. The van der Waals surface area contributed by atoms with Crippen molar-refractivity contribution in [2.75, 3.05) is 26.2 Å². The SMILES string of the molecule is O=C(NCC1CCCO1)c1ccc(C(=O)N2CCCCCC2)cc1. The first-order valence-corrected chi connectivity index (χ1v) is 9.03. The smallest absolute Gasteiger partial charge is 0.253 e. The second kappa shape index (κ2) is 8.29. The first kappa shape index (κ1) is 17.0. The van der Waals surface area contributed by atoms with E-state index in [0.717, 1.165) is 45.4 Å². The van der Waals surface area contributed by atoms with Crippen LogP contribution in [0.4, 0.5) is 0 Å². The molecule has 0 saturated carbocycles. The molecule has 1 N–H and O–H groups in total. The molecule has 1 atom stereocenters. The minimum atomic E-state index is -0.112. The maximum absolute atomic E-state index is 12.5. The number of likely N-dealkylation sites (tertiary alicyclic amines) is 1. The van der Waals surface area contributed by atoms with Crippen molar-refractivity contribution in [3.63, 3.8) is 0 Å². The highest BCUT2D eigenvalue weighted by Gasteiger charge is 2.19. The van der Waals surface area contributed by atoms with Crippen molar-refractivity contribution in [2.24, 2.45) is 0 Å². The summed E-state index contributed by atoms with van der Waals surface area (Å²) in [5.74, 6) is -0.0394. The molecule has 2 amide bonds. The van der Waals surface area contributed by atoms with Gasteiger partial charge in [0.1, 0.15) is 0 Å². The number of hydrogen-bond acceptors (Lipinski definition) is 3. The van der Waals surface area contributed by atoms with Gasteiger partial charge in [-0.25, -0.2) is 0 Å². The van der Waals surface area contributed by atoms with Crippen LogP contribution >= 0.6 is 0 Å². The largest absolute Gasteiger partial charge is 0.376 e.